The quantitative estimate of drug-likeness (QED) is 0.422. The minimum Gasteiger partial charge on any atom is -0.496 e. The number of likely N-dealkylation sites (tertiary alicyclic amines) is 1. The van der Waals surface area contributed by atoms with Gasteiger partial charge >= 0.3 is 6.09 Å². The molecule has 5 rings (SSSR count). The molecule has 11 nitrogen and oxygen atoms in total. The molecule has 1 saturated heterocycles. The minimum atomic E-state index is -4.70. The fourth-order valence-electron chi connectivity index (χ4n) is 5.57. The van der Waals surface area contributed by atoms with Gasteiger partial charge in [-0.2, -0.15) is 5.26 Å². The van der Waals surface area contributed by atoms with Gasteiger partial charge in [0.2, 0.25) is 0 Å². The fourth-order valence-corrected chi connectivity index (χ4v) is 7.78. The number of aliphatic hydroxyl groups is 1. The van der Waals surface area contributed by atoms with E-state index in [0.29, 0.717) is 4.31 Å². The zero-order valence-electron chi connectivity index (χ0n) is 23.2. The molecule has 0 radical (unpaired) electrons. The number of hydrogen-bond donors (Lipinski definition) is 1. The molecule has 1 unspecified atom stereocenters. The van der Waals surface area contributed by atoms with E-state index in [0.717, 1.165) is 0 Å². The fraction of sp³-hybridized carbons (Fsp3) is 0.276. The molecular formula is C29H26Cl2N4O7S. The monoisotopic (exact) mass is 644 g/mol. The number of hydrogen-bond acceptors (Lipinski definition) is 9. The highest BCUT2D eigenvalue weighted by Gasteiger charge is 2.63. The second-order valence-corrected chi connectivity index (χ2v) is 12.8. The number of halogens is 2. The highest BCUT2D eigenvalue weighted by Crippen LogP contribution is 2.54. The largest absolute Gasteiger partial charge is 0.496 e. The summed E-state index contributed by atoms with van der Waals surface area (Å²) in [5, 5.41) is 20.7. The number of sulfonamides is 1. The number of β-amino-alcohol motifs (C(OH)–C–C–N with tert-alkyl or cyclic N) is 1. The molecule has 2 aliphatic heterocycles. The number of aliphatic hydroxyl groups excluding tert-OH is 1. The lowest BCUT2D eigenvalue weighted by Gasteiger charge is -2.41. The molecule has 2 amide bonds. The van der Waals surface area contributed by atoms with Crippen molar-refractivity contribution in [3.63, 3.8) is 0 Å². The Labute approximate surface area is 258 Å². The smallest absolute Gasteiger partial charge is 0.410 e. The number of nitrogens with zero attached hydrogens (tertiary/aromatic N) is 4. The molecule has 43 heavy (non-hydrogen) atoms. The van der Waals surface area contributed by atoms with Crippen LogP contribution in [-0.2, 0) is 25.1 Å². The van der Waals surface area contributed by atoms with Gasteiger partial charge in [0.15, 0.2) is 11.8 Å². The van der Waals surface area contributed by atoms with E-state index in [2.05, 4.69) is 0 Å². The number of fused-ring (bicyclic) bond motifs is 1. The van der Waals surface area contributed by atoms with Crippen molar-refractivity contribution in [2.75, 3.05) is 32.1 Å². The lowest BCUT2D eigenvalue weighted by atomic mass is 9.81. The number of methoxy groups -OCH3 is 1. The van der Waals surface area contributed by atoms with Crippen molar-refractivity contribution in [1.29, 1.82) is 5.26 Å². The van der Waals surface area contributed by atoms with Crippen LogP contribution >= 0.6 is 23.2 Å². The molecule has 3 atom stereocenters. The summed E-state index contributed by atoms with van der Waals surface area (Å²) in [7, 11) is -0.349. The Morgan fingerprint density at radius 2 is 1.84 bits per heavy atom. The normalized spacial score (nSPS) is 21.8. The van der Waals surface area contributed by atoms with E-state index < -0.39 is 39.9 Å². The number of carbonyl (C=O) groups is 2. The first-order valence-electron chi connectivity index (χ1n) is 12.9. The molecule has 0 saturated carbocycles. The lowest BCUT2D eigenvalue weighted by Crippen LogP contribution is -2.57. The number of anilines is 1. The highest BCUT2D eigenvalue weighted by molar-refractivity contribution is 7.93. The molecule has 2 heterocycles. The van der Waals surface area contributed by atoms with Crippen molar-refractivity contribution in [3.05, 3.63) is 87.4 Å². The van der Waals surface area contributed by atoms with Gasteiger partial charge < -0.3 is 19.5 Å². The lowest BCUT2D eigenvalue weighted by molar-refractivity contribution is -0.132. The van der Waals surface area contributed by atoms with Gasteiger partial charge in [-0.25, -0.2) is 22.4 Å². The number of ether oxygens (including phenoxy) is 2. The van der Waals surface area contributed by atoms with E-state index in [1.165, 1.54) is 67.4 Å². The SMILES string of the molecule is COc1ccccc1C1(N2C[C@H](O)C[C@@H]2OC(=O)N(C)C)C(=O)N(S(=O)(=O)c2ccc(Cl)cc2Cl)c2ccc(C#N)cc21. The summed E-state index contributed by atoms with van der Waals surface area (Å²) in [6, 6.07) is 16.5. The highest BCUT2D eigenvalue weighted by atomic mass is 35.5. The average Bonchev–Trinajstić information content (AvgIpc) is 3.46. The molecule has 3 aromatic rings. The molecule has 14 heteroatoms. The van der Waals surface area contributed by atoms with Crippen molar-refractivity contribution >= 4 is 50.9 Å². The van der Waals surface area contributed by atoms with Gasteiger partial charge in [-0.3, -0.25) is 4.79 Å². The molecule has 0 aliphatic carbocycles. The van der Waals surface area contributed by atoms with Crippen molar-refractivity contribution in [3.8, 4) is 11.8 Å². The van der Waals surface area contributed by atoms with Gasteiger partial charge in [0.1, 0.15) is 10.6 Å². The number of amides is 2. The Morgan fingerprint density at radius 1 is 1.12 bits per heavy atom. The Morgan fingerprint density at radius 3 is 2.49 bits per heavy atom. The second-order valence-electron chi connectivity index (χ2n) is 10.2. The summed E-state index contributed by atoms with van der Waals surface area (Å²) in [5.74, 6) is -0.764. The molecule has 0 aromatic heterocycles. The average molecular weight is 646 g/mol. The summed E-state index contributed by atoms with van der Waals surface area (Å²) in [6.45, 7) is -0.193. The first kappa shape index (κ1) is 30.6. The van der Waals surface area contributed by atoms with E-state index >= 15 is 4.79 Å². The van der Waals surface area contributed by atoms with Crippen LogP contribution in [-0.4, -0.2) is 75.4 Å². The van der Waals surface area contributed by atoms with Crippen molar-refractivity contribution in [2.45, 2.75) is 29.2 Å². The van der Waals surface area contributed by atoms with Crippen molar-refractivity contribution in [1.82, 2.24) is 9.80 Å². The summed E-state index contributed by atoms with van der Waals surface area (Å²) >= 11 is 12.4. The van der Waals surface area contributed by atoms with Crippen LogP contribution < -0.4 is 9.04 Å². The Balaban J connectivity index is 1.86. The third kappa shape index (κ3) is 4.87. The number of benzene rings is 3. The van der Waals surface area contributed by atoms with Gasteiger partial charge in [0.25, 0.3) is 15.9 Å². The third-order valence-corrected chi connectivity index (χ3v) is 9.81. The van der Waals surface area contributed by atoms with Gasteiger partial charge in [-0.05, 0) is 42.5 Å². The Hall–Kier alpha value is -3.86. The maximum Gasteiger partial charge on any atom is 0.410 e. The maximum atomic E-state index is 15.1. The van der Waals surface area contributed by atoms with Gasteiger partial charge in [-0.15, -0.1) is 0 Å². The number of carbonyl (C=O) groups excluding carboxylic acids is 2. The molecular weight excluding hydrogens is 619 g/mol. The molecule has 3 aromatic carbocycles. The first-order chi connectivity index (χ1) is 20.4. The third-order valence-electron chi connectivity index (χ3n) is 7.40. The molecule has 1 N–H and O–H groups in total. The Kier molecular flexibility index (Phi) is 8.06. The van der Waals surface area contributed by atoms with Gasteiger partial charge in [0.05, 0.1) is 35.6 Å². The number of nitriles is 1. The van der Waals surface area contributed by atoms with Crippen LogP contribution in [0.5, 0.6) is 5.75 Å². The van der Waals surface area contributed by atoms with E-state index in [9.17, 15) is 23.6 Å². The summed E-state index contributed by atoms with van der Waals surface area (Å²) in [5.41, 5.74) is -1.65. The van der Waals surface area contributed by atoms with Crippen molar-refractivity contribution < 1.29 is 32.6 Å². The van der Waals surface area contributed by atoms with Crippen LogP contribution in [0, 0.1) is 11.3 Å². The van der Waals surface area contributed by atoms with Crippen LogP contribution in [0.25, 0.3) is 0 Å². The van der Waals surface area contributed by atoms with Crippen LogP contribution in [0.4, 0.5) is 10.5 Å². The summed E-state index contributed by atoms with van der Waals surface area (Å²) < 4.78 is 40.7. The van der Waals surface area contributed by atoms with Crippen LogP contribution in [0.15, 0.2) is 65.6 Å². The van der Waals surface area contributed by atoms with E-state index in [1.807, 2.05) is 6.07 Å². The predicted octanol–water partition coefficient (Wildman–Crippen LogP) is 3.94. The molecule has 224 valence electrons. The zero-order valence-corrected chi connectivity index (χ0v) is 25.5. The van der Waals surface area contributed by atoms with Crippen LogP contribution in [0.2, 0.25) is 10.0 Å². The Bertz CT molecular complexity index is 1780. The van der Waals surface area contributed by atoms with E-state index in [1.54, 1.807) is 24.3 Å². The van der Waals surface area contributed by atoms with Crippen molar-refractivity contribution in [2.24, 2.45) is 0 Å². The van der Waals surface area contributed by atoms with Gasteiger partial charge in [-0.1, -0.05) is 41.4 Å². The number of rotatable bonds is 6. The molecule has 2 aliphatic rings. The van der Waals surface area contributed by atoms with Crippen LogP contribution in [0.1, 0.15) is 23.1 Å². The number of para-hydroxylation sites is 1. The van der Waals surface area contributed by atoms with E-state index in [4.69, 9.17) is 32.7 Å². The summed E-state index contributed by atoms with van der Waals surface area (Å²) in [4.78, 5) is 30.1. The second kappa shape index (κ2) is 11.3. The maximum absolute atomic E-state index is 15.1. The van der Waals surface area contributed by atoms with Gasteiger partial charge in [0, 0.05) is 43.2 Å². The van der Waals surface area contributed by atoms with Crippen LogP contribution in [0.3, 0.4) is 0 Å². The minimum absolute atomic E-state index is 0.0556. The first-order valence-corrected chi connectivity index (χ1v) is 15.1. The molecule has 0 spiro atoms. The summed E-state index contributed by atoms with van der Waals surface area (Å²) in [6.07, 6.45) is -3.06. The molecule has 1 fully saturated rings. The molecule has 0 bridgehead atoms. The zero-order chi connectivity index (χ0) is 31.3. The predicted molar refractivity (Wildman–Crippen MR) is 157 cm³/mol. The topological polar surface area (TPSA) is 140 Å². The van der Waals surface area contributed by atoms with E-state index in [-0.39, 0.29) is 56.0 Å². The standard InChI is InChI=1S/C29H26Cl2N4O7S/c1-33(2)28(38)42-26-14-19(36)16-34(26)29(20-6-4-5-7-24(20)41-3)21-12-17(15-32)8-10-23(21)35(27(29)37)43(39,40)25-11-9-18(30)13-22(25)31/h4-13,19,26,36H,14,16H2,1-3H3/t19-,26+,29?/m1/s1.